The Balaban J connectivity index is 1.54. The van der Waals surface area contributed by atoms with Crippen molar-refractivity contribution in [2.45, 2.75) is 51.4 Å². The van der Waals surface area contributed by atoms with E-state index in [0.717, 1.165) is 31.4 Å². The van der Waals surface area contributed by atoms with Gasteiger partial charge in [-0.1, -0.05) is 43.5 Å². The van der Waals surface area contributed by atoms with Gasteiger partial charge in [0, 0.05) is 32.2 Å². The van der Waals surface area contributed by atoms with E-state index in [1.54, 1.807) is 0 Å². The highest BCUT2D eigenvalue weighted by Gasteiger charge is 2.40. The number of nitrogens with zero attached hydrogens (tertiary/aromatic N) is 1. The zero-order chi connectivity index (χ0) is 19.9. The molecule has 4 heteroatoms. The molecule has 1 aromatic heterocycles. The van der Waals surface area contributed by atoms with Gasteiger partial charge in [-0.15, -0.1) is 0 Å². The predicted octanol–water partition coefficient (Wildman–Crippen LogP) is 4.78. The largest absolute Gasteiger partial charge is 0.381 e. The summed E-state index contributed by atoms with van der Waals surface area (Å²) in [7, 11) is 0. The Bertz CT molecular complexity index is 793. The van der Waals surface area contributed by atoms with Crippen molar-refractivity contribution in [1.82, 2.24) is 10.3 Å². The lowest BCUT2D eigenvalue weighted by molar-refractivity contribution is -0.136. The van der Waals surface area contributed by atoms with E-state index in [1.165, 1.54) is 43.2 Å². The van der Waals surface area contributed by atoms with E-state index in [4.69, 9.17) is 4.74 Å². The number of nitrogens with one attached hydrogen (secondary N) is 1. The molecule has 4 rings (SSSR count). The van der Waals surface area contributed by atoms with E-state index >= 15 is 0 Å². The third-order valence-corrected chi connectivity index (χ3v) is 6.75. The van der Waals surface area contributed by atoms with Crippen LogP contribution < -0.4 is 5.32 Å². The van der Waals surface area contributed by atoms with Crippen molar-refractivity contribution in [3.63, 3.8) is 0 Å². The number of aromatic nitrogens is 1. The monoisotopic (exact) mass is 392 g/mol. The van der Waals surface area contributed by atoms with Crippen LogP contribution in [0.25, 0.3) is 11.1 Å². The molecule has 1 aliphatic carbocycles. The molecule has 2 aromatic rings. The van der Waals surface area contributed by atoms with Gasteiger partial charge in [0.25, 0.3) is 0 Å². The van der Waals surface area contributed by atoms with Crippen molar-refractivity contribution in [2.75, 3.05) is 19.8 Å². The second-order valence-electron chi connectivity index (χ2n) is 8.68. The van der Waals surface area contributed by atoms with Gasteiger partial charge in [0.2, 0.25) is 5.91 Å². The Morgan fingerprint density at radius 2 is 1.76 bits per heavy atom. The smallest absolute Gasteiger partial charge is 0.226 e. The zero-order valence-corrected chi connectivity index (χ0v) is 17.2. The first-order chi connectivity index (χ1) is 14.3. The van der Waals surface area contributed by atoms with Gasteiger partial charge >= 0.3 is 0 Å². The van der Waals surface area contributed by atoms with Gasteiger partial charge in [0.1, 0.15) is 0 Å². The number of hydrogen-bond donors (Lipinski definition) is 1. The third-order valence-electron chi connectivity index (χ3n) is 6.75. The second kappa shape index (κ2) is 9.53. The molecule has 0 atom stereocenters. The number of ether oxygens (including phenoxy) is 1. The lowest BCUT2D eigenvalue weighted by Gasteiger charge is -2.37. The quantitative estimate of drug-likeness (QED) is 0.769. The molecule has 4 nitrogen and oxygen atoms in total. The van der Waals surface area contributed by atoms with Crippen molar-refractivity contribution < 1.29 is 9.53 Å². The Morgan fingerprint density at radius 3 is 2.52 bits per heavy atom. The van der Waals surface area contributed by atoms with Crippen molar-refractivity contribution >= 4 is 5.91 Å². The van der Waals surface area contributed by atoms with Crippen molar-refractivity contribution in [3.05, 3.63) is 54.4 Å². The van der Waals surface area contributed by atoms with Crippen molar-refractivity contribution in [3.8, 4) is 11.1 Å². The molecule has 2 fully saturated rings. The molecule has 1 saturated carbocycles. The minimum Gasteiger partial charge on any atom is -0.381 e. The first-order valence-electron chi connectivity index (χ1n) is 11.1. The molecular formula is C25H32N2O2. The van der Waals surface area contributed by atoms with E-state index in [9.17, 15) is 4.79 Å². The molecular weight excluding hydrogens is 360 g/mol. The standard InChI is InChI=1S/C25H32N2O2/c28-24(27-19-20-6-2-1-3-7-20)25(12-16-29-17-13-25)18-22-8-4-5-9-23(22)21-10-14-26-15-11-21/h4-5,8-11,14-15,20H,1-3,6-7,12-13,16-19H2,(H,27,28). The molecule has 0 spiro atoms. The summed E-state index contributed by atoms with van der Waals surface area (Å²) in [5, 5.41) is 3.34. The first kappa shape index (κ1) is 20.1. The van der Waals surface area contributed by atoms with Gasteiger partial charge in [-0.3, -0.25) is 9.78 Å². The molecule has 1 saturated heterocycles. The second-order valence-corrected chi connectivity index (χ2v) is 8.68. The summed E-state index contributed by atoms with van der Waals surface area (Å²) in [6.07, 6.45) is 12.4. The summed E-state index contributed by atoms with van der Waals surface area (Å²) in [6, 6.07) is 12.5. The van der Waals surface area contributed by atoms with E-state index < -0.39 is 0 Å². The number of pyridine rings is 1. The number of amides is 1. The highest BCUT2D eigenvalue weighted by molar-refractivity contribution is 5.83. The highest BCUT2D eigenvalue weighted by atomic mass is 16.5. The molecule has 0 unspecified atom stereocenters. The van der Waals surface area contributed by atoms with E-state index in [1.807, 2.05) is 24.5 Å². The van der Waals surface area contributed by atoms with Crippen LogP contribution in [0, 0.1) is 11.3 Å². The van der Waals surface area contributed by atoms with Crippen LogP contribution in [0.4, 0.5) is 0 Å². The van der Waals surface area contributed by atoms with Crippen LogP contribution in [0.5, 0.6) is 0 Å². The average molecular weight is 393 g/mol. The SMILES string of the molecule is O=C(NCC1CCCCC1)C1(Cc2ccccc2-c2ccncc2)CCOCC1. The third kappa shape index (κ3) is 4.87. The van der Waals surface area contributed by atoms with E-state index in [-0.39, 0.29) is 11.3 Å². The molecule has 1 aliphatic heterocycles. The maximum Gasteiger partial charge on any atom is 0.226 e. The van der Waals surface area contributed by atoms with Gasteiger partial charge in [0.05, 0.1) is 5.41 Å². The van der Waals surface area contributed by atoms with Gasteiger partial charge in [-0.2, -0.15) is 0 Å². The Morgan fingerprint density at radius 1 is 1.03 bits per heavy atom. The fourth-order valence-corrected chi connectivity index (χ4v) is 4.91. The molecule has 1 amide bonds. The van der Waals surface area contributed by atoms with Crippen LogP contribution in [0.15, 0.2) is 48.8 Å². The number of benzene rings is 1. The Hall–Kier alpha value is -2.20. The molecule has 29 heavy (non-hydrogen) atoms. The van der Waals surface area contributed by atoms with Gasteiger partial charge in [-0.05, 0) is 66.8 Å². The fourth-order valence-electron chi connectivity index (χ4n) is 4.91. The van der Waals surface area contributed by atoms with Crippen LogP contribution in [0.2, 0.25) is 0 Å². The van der Waals surface area contributed by atoms with Crippen LogP contribution >= 0.6 is 0 Å². The minimum absolute atomic E-state index is 0.218. The highest BCUT2D eigenvalue weighted by Crippen LogP contribution is 2.38. The lowest BCUT2D eigenvalue weighted by Crippen LogP contribution is -2.47. The van der Waals surface area contributed by atoms with Crippen LogP contribution in [-0.2, 0) is 16.0 Å². The summed E-state index contributed by atoms with van der Waals surface area (Å²) in [4.78, 5) is 17.6. The maximum absolute atomic E-state index is 13.4. The van der Waals surface area contributed by atoms with Gasteiger partial charge in [0.15, 0.2) is 0 Å². The number of carbonyl (C=O) groups excluding carboxylic acids is 1. The van der Waals surface area contributed by atoms with Crippen LogP contribution in [-0.4, -0.2) is 30.6 Å². The van der Waals surface area contributed by atoms with Gasteiger partial charge < -0.3 is 10.1 Å². The zero-order valence-electron chi connectivity index (χ0n) is 17.2. The maximum atomic E-state index is 13.4. The van der Waals surface area contributed by atoms with Crippen LogP contribution in [0.1, 0.15) is 50.5 Å². The number of hydrogen-bond acceptors (Lipinski definition) is 3. The van der Waals surface area contributed by atoms with Gasteiger partial charge in [-0.25, -0.2) is 0 Å². The molecule has 0 bridgehead atoms. The topological polar surface area (TPSA) is 51.2 Å². The minimum atomic E-state index is -0.379. The lowest BCUT2D eigenvalue weighted by atomic mass is 9.73. The van der Waals surface area contributed by atoms with E-state index in [2.05, 4.69) is 34.6 Å². The molecule has 1 N–H and O–H groups in total. The fraction of sp³-hybridized carbons (Fsp3) is 0.520. The molecule has 2 heterocycles. The molecule has 154 valence electrons. The molecule has 0 radical (unpaired) electrons. The summed E-state index contributed by atoms with van der Waals surface area (Å²) < 4.78 is 5.63. The average Bonchev–Trinajstić information content (AvgIpc) is 2.80. The Labute approximate surface area is 174 Å². The van der Waals surface area contributed by atoms with Crippen LogP contribution in [0.3, 0.4) is 0 Å². The summed E-state index contributed by atoms with van der Waals surface area (Å²) in [5.74, 6) is 0.865. The Kier molecular flexibility index (Phi) is 6.60. The number of carbonyl (C=O) groups is 1. The van der Waals surface area contributed by atoms with Crippen molar-refractivity contribution in [2.24, 2.45) is 11.3 Å². The normalized spacial score (nSPS) is 19.6. The summed E-state index contributed by atoms with van der Waals surface area (Å²) >= 11 is 0. The number of rotatable bonds is 6. The summed E-state index contributed by atoms with van der Waals surface area (Å²) in [5.41, 5.74) is 3.20. The predicted molar refractivity (Wildman–Crippen MR) is 115 cm³/mol. The summed E-state index contributed by atoms with van der Waals surface area (Å²) in [6.45, 7) is 2.15. The first-order valence-corrected chi connectivity index (χ1v) is 11.1. The molecule has 1 aromatic carbocycles. The van der Waals surface area contributed by atoms with E-state index in [0.29, 0.717) is 19.1 Å². The molecule has 2 aliphatic rings. The van der Waals surface area contributed by atoms with Crippen molar-refractivity contribution in [1.29, 1.82) is 0 Å².